The molecule has 27 valence electrons. The molecule has 0 aromatic heterocycles. The van der Waals surface area contributed by atoms with E-state index in [2.05, 4.69) is 0 Å². The van der Waals surface area contributed by atoms with Crippen LogP contribution in [-0.4, -0.2) is 0 Å². The van der Waals surface area contributed by atoms with E-state index in [0.29, 0.717) is 0 Å². The van der Waals surface area contributed by atoms with Crippen molar-refractivity contribution in [3.8, 4) is 0 Å². The molecule has 0 atom stereocenters. The molecule has 0 aliphatic heterocycles. The van der Waals surface area contributed by atoms with Gasteiger partial charge >= 0.3 is 28.0 Å². The predicted molar refractivity (Wildman–Crippen MR) is 6.11 cm³/mol. The zero-order chi connectivity index (χ0) is 2.00. The van der Waals surface area contributed by atoms with Crippen LogP contribution in [0.2, 0.25) is 0 Å². The van der Waals surface area contributed by atoms with Crippen molar-refractivity contribution in [1.82, 2.24) is 0 Å². The first-order chi connectivity index (χ1) is 1.00. The molecule has 0 radical (unpaired) electrons. The summed E-state index contributed by atoms with van der Waals surface area (Å²) in [5.41, 5.74) is 0. The predicted octanol–water partition coefficient (Wildman–Crippen LogP) is 0.723. The first kappa shape index (κ1) is 22.5. The van der Waals surface area contributed by atoms with Gasteiger partial charge in [0, 0.05) is 0 Å². The van der Waals surface area contributed by atoms with Crippen molar-refractivity contribution in [1.29, 1.82) is 0 Å². The van der Waals surface area contributed by atoms with Crippen LogP contribution in [-0.2, 0) is 25.3 Å². The number of hydrogen-bond acceptors (Lipinski definition) is 0. The molecular weight excluding hydrogens is 148 g/mol. The maximum atomic E-state index is 9.59. The average Bonchev–Trinajstić information content (AvgIpc) is 1.00. The van der Waals surface area contributed by atoms with Crippen LogP contribution < -0.4 is 0 Å². The summed E-state index contributed by atoms with van der Waals surface area (Å²) >= 11 is 0.0500. The molecule has 0 nitrogen and oxygen atoms in total. The Bertz CT molecular complexity index is 3.25. The van der Waals surface area contributed by atoms with Gasteiger partial charge in [-0.2, -0.15) is 0 Å². The summed E-state index contributed by atoms with van der Waals surface area (Å²) < 4.78 is 9.59. The van der Waals surface area contributed by atoms with Crippen LogP contribution in [0.4, 0.5) is 12.0 Å². The van der Waals surface area contributed by atoms with Gasteiger partial charge in [0.2, 0.25) is 0 Å². The third kappa shape index (κ3) is 16.5. The standard InChI is InChI=1S/3FH.Zr/h3*1H;/q;;;+1/p-1. The summed E-state index contributed by atoms with van der Waals surface area (Å²) in [6.45, 7) is 0. The van der Waals surface area contributed by atoms with Crippen LogP contribution in [0.1, 0.15) is 0 Å². The van der Waals surface area contributed by atoms with Crippen LogP contribution >= 0.6 is 0 Å². The van der Waals surface area contributed by atoms with E-state index in [9.17, 15) is 2.63 Å². The number of hydrogen-bond donors (Lipinski definition) is 0. The van der Waals surface area contributed by atoms with E-state index in [0.717, 1.165) is 0 Å². The Labute approximate surface area is 37.8 Å². The molecule has 0 unspecified atom stereocenters. The van der Waals surface area contributed by atoms with E-state index >= 15 is 0 Å². The first-order valence-corrected chi connectivity index (χ1v) is 1.12. The third-order valence-electron chi connectivity index (χ3n) is 0. The van der Waals surface area contributed by atoms with Crippen LogP contribution in [0.3, 0.4) is 0 Å². The van der Waals surface area contributed by atoms with Crippen molar-refractivity contribution in [2.45, 2.75) is 0 Å². The Hall–Kier alpha value is 0.673. The molecule has 0 spiro atoms. The van der Waals surface area contributed by atoms with Gasteiger partial charge in [-0.25, -0.2) is 0 Å². The van der Waals surface area contributed by atoms with E-state index in [1.54, 1.807) is 0 Å². The van der Waals surface area contributed by atoms with Gasteiger partial charge in [-0.3, -0.25) is 9.41 Å². The topological polar surface area (TPSA) is 0 Å². The van der Waals surface area contributed by atoms with Crippen molar-refractivity contribution in [2.24, 2.45) is 0 Å². The van der Waals surface area contributed by atoms with Crippen molar-refractivity contribution >= 4 is 0 Å². The van der Waals surface area contributed by atoms with Crippen LogP contribution in [0.5, 0.6) is 0 Å². The van der Waals surface area contributed by atoms with Crippen LogP contribution in [0.25, 0.3) is 0 Å². The summed E-state index contributed by atoms with van der Waals surface area (Å²) in [4.78, 5) is 0. The zero-order valence-corrected chi connectivity index (χ0v) is 4.15. The van der Waals surface area contributed by atoms with E-state index in [4.69, 9.17) is 0 Å². The molecule has 0 aliphatic rings. The average molecular weight is 150 g/mol. The molecule has 0 aromatic rings. The van der Waals surface area contributed by atoms with Gasteiger partial charge < -0.3 is 0 Å². The Balaban J connectivity index is -0.00000000500. The minimum absolute atomic E-state index is 0. The van der Waals surface area contributed by atoms with Crippen molar-refractivity contribution in [2.75, 3.05) is 0 Å². The summed E-state index contributed by atoms with van der Waals surface area (Å²) in [5, 5.41) is 0. The second-order valence-corrected chi connectivity index (χ2v) is 0. The molecular formula is H2F3Zr. The monoisotopic (exact) mass is 149 g/mol. The molecule has 0 aromatic carbocycles. The molecule has 0 rings (SSSR count). The third-order valence-corrected chi connectivity index (χ3v) is 0. The fourth-order valence-electron chi connectivity index (χ4n) is 0. The normalized spacial score (nSPS) is 1.00. The fourth-order valence-corrected chi connectivity index (χ4v) is 0. The van der Waals surface area contributed by atoms with E-state index in [1.807, 2.05) is 0 Å². The number of rotatable bonds is 0. The fraction of sp³-hybridized carbons (Fsp3) is 0. The maximum absolute atomic E-state index is 9.59. The van der Waals surface area contributed by atoms with Crippen molar-refractivity contribution < 1.29 is 37.4 Å². The van der Waals surface area contributed by atoms with Gasteiger partial charge in [-0.1, -0.05) is 0 Å². The van der Waals surface area contributed by atoms with Crippen LogP contribution in [0.15, 0.2) is 0 Å². The van der Waals surface area contributed by atoms with E-state index < -0.39 is 0 Å². The minimum atomic E-state index is 0. The number of halogens is 3. The van der Waals surface area contributed by atoms with Gasteiger partial charge in [-0.15, -0.1) is 0 Å². The summed E-state index contributed by atoms with van der Waals surface area (Å²) in [5.74, 6) is 0. The van der Waals surface area contributed by atoms with E-state index in [1.165, 1.54) is 0 Å². The van der Waals surface area contributed by atoms with Gasteiger partial charge in [-0.05, 0) is 0 Å². The van der Waals surface area contributed by atoms with Crippen LogP contribution in [0, 0.1) is 0 Å². The van der Waals surface area contributed by atoms with Crippen molar-refractivity contribution in [3.63, 3.8) is 0 Å². The first-order valence-electron chi connectivity index (χ1n) is 0.189. The Morgan fingerprint density at radius 1 is 1.00 bits per heavy atom. The summed E-state index contributed by atoms with van der Waals surface area (Å²) in [6, 6.07) is 0. The van der Waals surface area contributed by atoms with Gasteiger partial charge in [0.1, 0.15) is 0 Å². The molecule has 0 saturated heterocycles. The second-order valence-electron chi connectivity index (χ2n) is 0. The molecule has 4 heavy (non-hydrogen) atoms. The Morgan fingerprint density at radius 2 is 1.00 bits per heavy atom. The molecule has 0 aliphatic carbocycles. The summed E-state index contributed by atoms with van der Waals surface area (Å²) in [7, 11) is 0. The van der Waals surface area contributed by atoms with Gasteiger partial charge in [0.05, 0.1) is 0 Å². The van der Waals surface area contributed by atoms with E-state index in [-0.39, 0.29) is 34.7 Å². The molecule has 4 heteroatoms. The van der Waals surface area contributed by atoms with Crippen molar-refractivity contribution in [3.05, 3.63) is 0 Å². The van der Waals surface area contributed by atoms with Gasteiger partial charge in [0.25, 0.3) is 0 Å². The Kier molecular flexibility index (Phi) is 326. The molecule has 0 heterocycles. The molecule has 0 amide bonds. The molecule has 0 bridgehead atoms. The second kappa shape index (κ2) is 57.9. The molecule has 0 fully saturated rings. The quantitative estimate of drug-likeness (QED) is 0.477. The SMILES string of the molecule is F.F.[F][Zr]. The Morgan fingerprint density at radius 3 is 1.00 bits per heavy atom. The van der Waals surface area contributed by atoms with Gasteiger partial charge in [0.15, 0.2) is 0 Å². The summed E-state index contributed by atoms with van der Waals surface area (Å²) in [6.07, 6.45) is 0. The molecule has 0 saturated carbocycles. The molecule has 0 N–H and O–H groups in total. The zero-order valence-electron chi connectivity index (χ0n) is 1.69.